The molecule has 6 nitrogen and oxygen atoms in total. The lowest BCUT2D eigenvalue weighted by atomic mass is 10.0. The molecule has 30 heavy (non-hydrogen) atoms. The Morgan fingerprint density at radius 2 is 1.70 bits per heavy atom. The molecule has 1 atom stereocenters. The van der Waals surface area contributed by atoms with Crippen molar-refractivity contribution in [2.45, 2.75) is 52.8 Å². The number of carbonyl (C=O) groups excluding carboxylic acids is 2. The molecule has 0 aromatic heterocycles. The van der Waals surface area contributed by atoms with Crippen LogP contribution in [0.2, 0.25) is 0 Å². The van der Waals surface area contributed by atoms with Crippen molar-refractivity contribution in [3.8, 4) is 11.5 Å². The summed E-state index contributed by atoms with van der Waals surface area (Å²) in [4.78, 5) is 27.5. The highest BCUT2D eigenvalue weighted by Gasteiger charge is 2.32. The highest BCUT2D eigenvalue weighted by molar-refractivity contribution is 5.93. The number of benzene rings is 2. The van der Waals surface area contributed by atoms with Gasteiger partial charge < -0.3 is 19.1 Å². The van der Waals surface area contributed by atoms with Crippen LogP contribution in [0.5, 0.6) is 11.5 Å². The number of rotatable bonds is 8. The Labute approximate surface area is 178 Å². The van der Waals surface area contributed by atoms with Crippen molar-refractivity contribution < 1.29 is 23.8 Å². The van der Waals surface area contributed by atoms with E-state index in [1.807, 2.05) is 58.0 Å². The van der Waals surface area contributed by atoms with Crippen LogP contribution in [0.25, 0.3) is 0 Å². The topological polar surface area (TPSA) is 65.1 Å². The van der Waals surface area contributed by atoms with Gasteiger partial charge >= 0.3 is 5.97 Å². The number of amides is 1. The highest BCUT2D eigenvalue weighted by atomic mass is 16.5. The molecular formula is C24H31NO5. The minimum absolute atomic E-state index is 0.252. The Bertz CT molecular complexity index is 858. The Balaban J connectivity index is 2.16. The van der Waals surface area contributed by atoms with Crippen LogP contribution in [0.3, 0.4) is 0 Å². The first-order chi connectivity index (χ1) is 14.2. The summed E-state index contributed by atoms with van der Waals surface area (Å²) in [6.07, 6.45) is -0.932. The smallest absolute Gasteiger partial charge is 0.339 e. The molecule has 0 fully saturated rings. The van der Waals surface area contributed by atoms with Gasteiger partial charge in [-0.15, -0.1) is 0 Å². The fraction of sp³-hybridized carbons (Fsp3) is 0.417. The molecule has 162 valence electrons. The fourth-order valence-corrected chi connectivity index (χ4v) is 2.98. The monoisotopic (exact) mass is 413 g/mol. The molecule has 0 saturated heterocycles. The van der Waals surface area contributed by atoms with E-state index in [-0.39, 0.29) is 5.91 Å². The predicted molar refractivity (Wildman–Crippen MR) is 116 cm³/mol. The second-order valence-electron chi connectivity index (χ2n) is 7.93. The predicted octanol–water partition coefficient (Wildman–Crippen LogP) is 4.47. The van der Waals surface area contributed by atoms with Gasteiger partial charge in [0.25, 0.3) is 5.91 Å². The Morgan fingerprint density at radius 1 is 1.03 bits per heavy atom. The zero-order valence-electron chi connectivity index (χ0n) is 18.6. The number of ether oxygens (including phenoxy) is 3. The van der Waals surface area contributed by atoms with Gasteiger partial charge in [-0.05, 0) is 58.4 Å². The zero-order valence-corrected chi connectivity index (χ0v) is 18.6. The maximum Gasteiger partial charge on any atom is 0.339 e. The number of hydrogen-bond donors (Lipinski definition) is 0. The van der Waals surface area contributed by atoms with Crippen LogP contribution in [-0.4, -0.2) is 42.1 Å². The molecule has 0 aliphatic heterocycles. The lowest BCUT2D eigenvalue weighted by Gasteiger charge is -2.37. The SMILES string of the molecule is CCOc1cc(C(=O)O[C@H](C)C(=O)N(Cc2ccccc2)C(C)(C)C)ccc1OC. The van der Waals surface area contributed by atoms with E-state index in [2.05, 4.69) is 0 Å². The summed E-state index contributed by atoms with van der Waals surface area (Å²) in [6, 6.07) is 14.5. The van der Waals surface area contributed by atoms with E-state index in [4.69, 9.17) is 14.2 Å². The van der Waals surface area contributed by atoms with Crippen molar-refractivity contribution in [2.24, 2.45) is 0 Å². The Morgan fingerprint density at radius 3 is 2.27 bits per heavy atom. The second kappa shape index (κ2) is 10.1. The Kier molecular flexibility index (Phi) is 7.86. The molecule has 0 heterocycles. The maximum absolute atomic E-state index is 13.1. The van der Waals surface area contributed by atoms with Gasteiger partial charge in [0.2, 0.25) is 0 Å². The van der Waals surface area contributed by atoms with Gasteiger partial charge in [0.15, 0.2) is 17.6 Å². The van der Waals surface area contributed by atoms with E-state index in [9.17, 15) is 9.59 Å². The molecule has 0 spiro atoms. The quantitative estimate of drug-likeness (QED) is 0.598. The molecule has 0 bridgehead atoms. The van der Waals surface area contributed by atoms with Crippen LogP contribution in [0, 0.1) is 0 Å². The average Bonchev–Trinajstić information content (AvgIpc) is 2.71. The van der Waals surface area contributed by atoms with Crippen molar-refractivity contribution >= 4 is 11.9 Å². The first-order valence-corrected chi connectivity index (χ1v) is 10.0. The minimum Gasteiger partial charge on any atom is -0.493 e. The van der Waals surface area contributed by atoms with E-state index in [1.54, 1.807) is 30.0 Å². The number of carbonyl (C=O) groups is 2. The van der Waals surface area contributed by atoms with Crippen LogP contribution >= 0.6 is 0 Å². The van der Waals surface area contributed by atoms with Crippen LogP contribution in [0.15, 0.2) is 48.5 Å². The van der Waals surface area contributed by atoms with E-state index in [0.29, 0.717) is 30.2 Å². The maximum atomic E-state index is 13.1. The lowest BCUT2D eigenvalue weighted by molar-refractivity contribution is -0.145. The number of nitrogens with zero attached hydrogens (tertiary/aromatic N) is 1. The lowest BCUT2D eigenvalue weighted by Crippen LogP contribution is -2.49. The molecule has 6 heteroatoms. The number of methoxy groups -OCH3 is 1. The molecule has 0 unspecified atom stereocenters. The molecular weight excluding hydrogens is 382 g/mol. The molecule has 2 aromatic carbocycles. The minimum atomic E-state index is -0.932. The van der Waals surface area contributed by atoms with Gasteiger partial charge in [0.1, 0.15) is 0 Å². The fourth-order valence-electron chi connectivity index (χ4n) is 2.98. The van der Waals surface area contributed by atoms with Crippen LogP contribution < -0.4 is 9.47 Å². The third kappa shape index (κ3) is 5.99. The largest absolute Gasteiger partial charge is 0.493 e. The number of esters is 1. The molecule has 2 aromatic rings. The van der Waals surface area contributed by atoms with Crippen molar-refractivity contribution in [3.05, 3.63) is 59.7 Å². The second-order valence-corrected chi connectivity index (χ2v) is 7.93. The number of hydrogen-bond acceptors (Lipinski definition) is 5. The molecule has 2 rings (SSSR count). The van der Waals surface area contributed by atoms with Crippen LogP contribution in [-0.2, 0) is 16.1 Å². The summed E-state index contributed by atoms with van der Waals surface area (Å²) >= 11 is 0. The van der Waals surface area contributed by atoms with Crippen molar-refractivity contribution in [1.82, 2.24) is 4.90 Å². The van der Waals surface area contributed by atoms with E-state index < -0.39 is 17.6 Å². The van der Waals surface area contributed by atoms with Crippen LogP contribution in [0.4, 0.5) is 0 Å². The van der Waals surface area contributed by atoms with E-state index in [0.717, 1.165) is 5.56 Å². The highest BCUT2D eigenvalue weighted by Crippen LogP contribution is 2.28. The first-order valence-electron chi connectivity index (χ1n) is 10.0. The molecule has 0 aliphatic carbocycles. The van der Waals surface area contributed by atoms with Crippen molar-refractivity contribution in [3.63, 3.8) is 0 Å². The third-order valence-electron chi connectivity index (χ3n) is 4.59. The van der Waals surface area contributed by atoms with Gasteiger partial charge in [-0.3, -0.25) is 4.79 Å². The molecule has 0 radical (unpaired) electrons. The normalized spacial score (nSPS) is 12.1. The summed E-state index contributed by atoms with van der Waals surface area (Å²) < 4.78 is 16.2. The third-order valence-corrected chi connectivity index (χ3v) is 4.59. The Hall–Kier alpha value is -3.02. The molecule has 0 N–H and O–H groups in total. The van der Waals surface area contributed by atoms with Crippen molar-refractivity contribution in [1.29, 1.82) is 0 Å². The summed E-state index contributed by atoms with van der Waals surface area (Å²) in [6.45, 7) is 10.2. The molecule has 1 amide bonds. The van der Waals surface area contributed by atoms with Gasteiger partial charge in [0, 0.05) is 12.1 Å². The van der Waals surface area contributed by atoms with Gasteiger partial charge in [-0.1, -0.05) is 30.3 Å². The molecule has 0 aliphatic rings. The van der Waals surface area contributed by atoms with Crippen LogP contribution in [0.1, 0.15) is 50.5 Å². The van der Waals surface area contributed by atoms with E-state index >= 15 is 0 Å². The van der Waals surface area contributed by atoms with E-state index in [1.165, 1.54) is 7.11 Å². The first kappa shape index (κ1) is 23.3. The summed E-state index contributed by atoms with van der Waals surface area (Å²) in [5.74, 6) is 0.138. The molecule has 0 saturated carbocycles. The van der Waals surface area contributed by atoms with Gasteiger partial charge in [-0.2, -0.15) is 0 Å². The average molecular weight is 414 g/mol. The summed E-state index contributed by atoms with van der Waals surface area (Å²) in [5, 5.41) is 0. The zero-order chi connectivity index (χ0) is 22.3. The summed E-state index contributed by atoms with van der Waals surface area (Å²) in [5.41, 5.74) is 0.871. The van der Waals surface area contributed by atoms with Gasteiger partial charge in [0.05, 0.1) is 19.3 Å². The van der Waals surface area contributed by atoms with Crippen molar-refractivity contribution in [2.75, 3.05) is 13.7 Å². The van der Waals surface area contributed by atoms with Gasteiger partial charge in [-0.25, -0.2) is 4.79 Å². The standard InChI is InChI=1S/C24H31NO5/c1-7-29-21-15-19(13-14-20(21)28-6)23(27)30-17(2)22(26)25(24(3,4)5)16-18-11-9-8-10-12-18/h8-15,17H,7,16H2,1-6H3/t17-/m1/s1. The summed E-state index contributed by atoms with van der Waals surface area (Å²) in [7, 11) is 1.53.